The van der Waals surface area contributed by atoms with Crippen molar-refractivity contribution in [2.75, 3.05) is 11.1 Å². The Kier molecular flexibility index (Phi) is 3.05. The number of nitrogens with one attached hydrogen (secondary N) is 1. The Labute approximate surface area is 102 Å². The third kappa shape index (κ3) is 2.30. The number of para-hydroxylation sites is 1. The van der Waals surface area contributed by atoms with Gasteiger partial charge in [0.05, 0.1) is 15.8 Å². The number of hydrogen-bond acceptors (Lipinski definition) is 4. The number of nitrogen functional groups attached to an aromatic ring is 1. The summed E-state index contributed by atoms with van der Waals surface area (Å²) in [5.74, 6) is 0.532. The van der Waals surface area contributed by atoms with Crippen molar-refractivity contribution in [2.45, 2.75) is 6.92 Å². The Hall–Kier alpha value is -1.62. The molecule has 0 aliphatic rings. The third-order valence-corrected chi connectivity index (χ3v) is 2.57. The Morgan fingerprint density at radius 3 is 2.56 bits per heavy atom. The van der Waals surface area contributed by atoms with E-state index >= 15 is 0 Å². The van der Waals surface area contributed by atoms with Crippen LogP contribution in [-0.4, -0.2) is 9.97 Å². The van der Waals surface area contributed by atoms with E-state index in [0.717, 1.165) is 15.7 Å². The summed E-state index contributed by atoms with van der Waals surface area (Å²) in [5, 5.41) is 3.10. The number of hydrogen-bond donors (Lipinski definition) is 2. The van der Waals surface area contributed by atoms with Gasteiger partial charge in [0.2, 0.25) is 5.95 Å². The second kappa shape index (κ2) is 4.49. The highest BCUT2D eigenvalue weighted by atomic mass is 79.9. The lowest BCUT2D eigenvalue weighted by atomic mass is 10.2. The van der Waals surface area contributed by atoms with Crippen molar-refractivity contribution in [1.29, 1.82) is 0 Å². The van der Waals surface area contributed by atoms with E-state index in [-0.39, 0.29) is 0 Å². The zero-order valence-electron chi connectivity index (χ0n) is 8.74. The third-order valence-electron chi connectivity index (χ3n) is 2.16. The van der Waals surface area contributed by atoms with Gasteiger partial charge in [0, 0.05) is 12.4 Å². The maximum absolute atomic E-state index is 5.87. The molecule has 0 aliphatic heterocycles. The molecule has 5 heteroatoms. The SMILES string of the molecule is Cc1cccc(N)c1Nc1ncc(Br)cn1. The fourth-order valence-electron chi connectivity index (χ4n) is 1.35. The van der Waals surface area contributed by atoms with Crippen molar-refractivity contribution in [1.82, 2.24) is 9.97 Å². The largest absolute Gasteiger partial charge is 0.397 e. The van der Waals surface area contributed by atoms with Gasteiger partial charge in [0.25, 0.3) is 0 Å². The number of rotatable bonds is 2. The van der Waals surface area contributed by atoms with Crippen LogP contribution in [0.2, 0.25) is 0 Å². The van der Waals surface area contributed by atoms with E-state index in [4.69, 9.17) is 5.73 Å². The summed E-state index contributed by atoms with van der Waals surface area (Å²) in [7, 11) is 0. The fraction of sp³-hybridized carbons (Fsp3) is 0.0909. The maximum Gasteiger partial charge on any atom is 0.227 e. The van der Waals surface area contributed by atoms with E-state index in [1.807, 2.05) is 25.1 Å². The highest BCUT2D eigenvalue weighted by Gasteiger charge is 2.04. The Bertz CT molecular complexity index is 476. The molecule has 0 amide bonds. The predicted octanol–water partition coefficient (Wildman–Crippen LogP) is 2.87. The fourth-order valence-corrected chi connectivity index (χ4v) is 1.55. The first-order valence-corrected chi connectivity index (χ1v) is 5.56. The number of nitrogens with zero attached hydrogens (tertiary/aromatic N) is 2. The van der Waals surface area contributed by atoms with Crippen LogP contribution < -0.4 is 11.1 Å². The summed E-state index contributed by atoms with van der Waals surface area (Å²) in [6.07, 6.45) is 3.37. The van der Waals surface area contributed by atoms with E-state index in [1.54, 1.807) is 12.4 Å². The Morgan fingerprint density at radius 1 is 1.25 bits per heavy atom. The highest BCUT2D eigenvalue weighted by molar-refractivity contribution is 9.10. The zero-order chi connectivity index (χ0) is 11.5. The average molecular weight is 279 g/mol. The van der Waals surface area contributed by atoms with Gasteiger partial charge in [-0.2, -0.15) is 0 Å². The molecule has 3 N–H and O–H groups in total. The maximum atomic E-state index is 5.87. The summed E-state index contributed by atoms with van der Waals surface area (Å²) in [5.41, 5.74) is 8.47. The minimum absolute atomic E-state index is 0.532. The zero-order valence-corrected chi connectivity index (χ0v) is 10.3. The van der Waals surface area contributed by atoms with Gasteiger partial charge in [0.1, 0.15) is 0 Å². The molecule has 0 bridgehead atoms. The summed E-state index contributed by atoms with van der Waals surface area (Å²) in [6, 6.07) is 5.74. The van der Waals surface area contributed by atoms with Crippen LogP contribution in [0, 0.1) is 6.92 Å². The molecule has 1 aromatic heterocycles. The Balaban J connectivity index is 2.30. The molecule has 1 aromatic carbocycles. The first kappa shape index (κ1) is 10.9. The molecule has 2 aromatic rings. The molecule has 0 aliphatic carbocycles. The smallest absolute Gasteiger partial charge is 0.227 e. The first-order chi connectivity index (χ1) is 7.66. The molecule has 4 nitrogen and oxygen atoms in total. The van der Waals surface area contributed by atoms with E-state index in [1.165, 1.54) is 0 Å². The number of nitrogens with two attached hydrogens (primary N) is 1. The van der Waals surface area contributed by atoms with Crippen LogP contribution >= 0.6 is 15.9 Å². The molecule has 0 spiro atoms. The summed E-state index contributed by atoms with van der Waals surface area (Å²) in [6.45, 7) is 1.98. The molecule has 16 heavy (non-hydrogen) atoms. The molecular weight excluding hydrogens is 268 g/mol. The van der Waals surface area contributed by atoms with Crippen molar-refractivity contribution in [2.24, 2.45) is 0 Å². The predicted molar refractivity (Wildman–Crippen MR) is 68.6 cm³/mol. The van der Waals surface area contributed by atoms with E-state index in [0.29, 0.717) is 11.6 Å². The number of benzene rings is 1. The van der Waals surface area contributed by atoms with Crippen LogP contribution in [0.15, 0.2) is 35.1 Å². The minimum Gasteiger partial charge on any atom is -0.397 e. The van der Waals surface area contributed by atoms with Crippen LogP contribution in [0.4, 0.5) is 17.3 Å². The van der Waals surface area contributed by atoms with Gasteiger partial charge in [-0.1, -0.05) is 12.1 Å². The van der Waals surface area contributed by atoms with Crippen LogP contribution in [-0.2, 0) is 0 Å². The molecule has 0 radical (unpaired) electrons. The van der Waals surface area contributed by atoms with Gasteiger partial charge >= 0.3 is 0 Å². The van der Waals surface area contributed by atoms with E-state index in [2.05, 4.69) is 31.2 Å². The molecule has 0 atom stereocenters. The number of anilines is 3. The molecule has 0 saturated heterocycles. The van der Waals surface area contributed by atoms with Crippen LogP contribution in [0.5, 0.6) is 0 Å². The molecule has 0 unspecified atom stereocenters. The van der Waals surface area contributed by atoms with Crippen molar-refractivity contribution in [3.05, 3.63) is 40.6 Å². The van der Waals surface area contributed by atoms with E-state index in [9.17, 15) is 0 Å². The second-order valence-electron chi connectivity index (χ2n) is 3.39. The molecule has 1 heterocycles. The second-order valence-corrected chi connectivity index (χ2v) is 4.30. The molecule has 2 rings (SSSR count). The topological polar surface area (TPSA) is 63.8 Å². The van der Waals surface area contributed by atoms with Gasteiger partial charge in [0.15, 0.2) is 0 Å². The van der Waals surface area contributed by atoms with Crippen LogP contribution in [0.25, 0.3) is 0 Å². The number of aromatic nitrogens is 2. The molecular formula is C11H11BrN4. The summed E-state index contributed by atoms with van der Waals surface area (Å²) >= 11 is 3.28. The first-order valence-electron chi connectivity index (χ1n) is 4.76. The lowest BCUT2D eigenvalue weighted by Gasteiger charge is -2.10. The van der Waals surface area contributed by atoms with Gasteiger partial charge in [-0.25, -0.2) is 9.97 Å². The lowest BCUT2D eigenvalue weighted by molar-refractivity contribution is 1.15. The normalized spacial score (nSPS) is 10.1. The minimum atomic E-state index is 0.532. The molecule has 82 valence electrons. The quantitative estimate of drug-likeness (QED) is 0.830. The average Bonchev–Trinajstić information content (AvgIpc) is 2.26. The van der Waals surface area contributed by atoms with Crippen molar-refractivity contribution >= 4 is 33.3 Å². The van der Waals surface area contributed by atoms with Crippen molar-refractivity contribution < 1.29 is 0 Å². The van der Waals surface area contributed by atoms with Gasteiger partial charge < -0.3 is 11.1 Å². The number of aryl methyl sites for hydroxylation is 1. The summed E-state index contributed by atoms with van der Waals surface area (Å²) in [4.78, 5) is 8.26. The standard InChI is InChI=1S/C11H11BrN4/c1-7-3-2-4-9(13)10(7)16-11-14-5-8(12)6-15-11/h2-6H,13H2,1H3,(H,14,15,16). The molecule has 0 fully saturated rings. The van der Waals surface area contributed by atoms with Gasteiger partial charge in [-0.05, 0) is 34.5 Å². The Morgan fingerprint density at radius 2 is 1.94 bits per heavy atom. The van der Waals surface area contributed by atoms with Crippen LogP contribution in [0.3, 0.4) is 0 Å². The van der Waals surface area contributed by atoms with Crippen molar-refractivity contribution in [3.8, 4) is 0 Å². The van der Waals surface area contributed by atoms with Gasteiger partial charge in [-0.3, -0.25) is 0 Å². The highest BCUT2D eigenvalue weighted by Crippen LogP contribution is 2.25. The van der Waals surface area contributed by atoms with E-state index < -0.39 is 0 Å². The summed E-state index contributed by atoms with van der Waals surface area (Å²) < 4.78 is 0.843. The monoisotopic (exact) mass is 278 g/mol. The van der Waals surface area contributed by atoms with Crippen molar-refractivity contribution in [3.63, 3.8) is 0 Å². The van der Waals surface area contributed by atoms with Crippen LogP contribution in [0.1, 0.15) is 5.56 Å². The lowest BCUT2D eigenvalue weighted by Crippen LogP contribution is -2.01. The number of halogens is 1. The van der Waals surface area contributed by atoms with Gasteiger partial charge in [-0.15, -0.1) is 0 Å². The molecule has 0 saturated carbocycles.